The molecule has 0 atom stereocenters. The third-order valence-electron chi connectivity index (χ3n) is 4.85. The van der Waals surface area contributed by atoms with E-state index < -0.39 is 0 Å². The van der Waals surface area contributed by atoms with Crippen LogP contribution < -0.4 is 9.47 Å². The van der Waals surface area contributed by atoms with Crippen LogP contribution in [0.2, 0.25) is 0 Å². The van der Waals surface area contributed by atoms with E-state index in [1.807, 2.05) is 0 Å². The van der Waals surface area contributed by atoms with Gasteiger partial charge in [0.2, 0.25) is 0 Å². The Morgan fingerprint density at radius 2 is 1.92 bits per heavy atom. The number of methoxy groups -OCH3 is 2. The SMILES string of the molecule is COc1ccc(C(=O)N2CCc3[nH]c4cc(F)ccc4c3C2)cc1OC. The first-order chi connectivity index (χ1) is 12.6. The van der Waals surface area contributed by atoms with Crippen LogP contribution in [0.5, 0.6) is 11.5 Å². The normalized spacial score (nSPS) is 13.6. The van der Waals surface area contributed by atoms with Gasteiger partial charge in [0.25, 0.3) is 5.91 Å². The van der Waals surface area contributed by atoms with Crippen molar-refractivity contribution >= 4 is 16.8 Å². The maximum Gasteiger partial charge on any atom is 0.254 e. The van der Waals surface area contributed by atoms with Gasteiger partial charge in [0.15, 0.2) is 11.5 Å². The summed E-state index contributed by atoms with van der Waals surface area (Å²) in [6.07, 6.45) is 0.713. The number of rotatable bonds is 3. The van der Waals surface area contributed by atoms with Crippen molar-refractivity contribution in [3.63, 3.8) is 0 Å². The highest BCUT2D eigenvalue weighted by atomic mass is 19.1. The van der Waals surface area contributed by atoms with Crippen molar-refractivity contribution in [3.8, 4) is 11.5 Å². The number of hydrogen-bond acceptors (Lipinski definition) is 3. The molecule has 0 saturated heterocycles. The van der Waals surface area contributed by atoms with Gasteiger partial charge in [0.05, 0.1) is 14.2 Å². The zero-order chi connectivity index (χ0) is 18.3. The molecule has 1 aromatic heterocycles. The third-order valence-corrected chi connectivity index (χ3v) is 4.85. The third kappa shape index (κ3) is 2.67. The molecule has 134 valence electrons. The van der Waals surface area contributed by atoms with Crippen molar-refractivity contribution in [1.29, 1.82) is 0 Å². The molecule has 0 fully saturated rings. The standard InChI is InChI=1S/C20H19FN2O3/c1-25-18-6-3-12(9-19(18)26-2)20(24)23-8-7-16-15(11-23)14-5-4-13(21)10-17(14)22-16/h3-6,9-10,22H,7-8,11H2,1-2H3. The first kappa shape index (κ1) is 16.4. The molecule has 3 aromatic rings. The Kier molecular flexibility index (Phi) is 4.03. The number of nitrogens with zero attached hydrogens (tertiary/aromatic N) is 1. The molecule has 4 rings (SSSR count). The summed E-state index contributed by atoms with van der Waals surface area (Å²) >= 11 is 0. The molecule has 0 spiro atoms. The molecular formula is C20H19FN2O3. The predicted octanol–water partition coefficient (Wildman–Crippen LogP) is 3.52. The van der Waals surface area contributed by atoms with Crippen LogP contribution in [-0.4, -0.2) is 36.6 Å². The number of carbonyl (C=O) groups is 1. The van der Waals surface area contributed by atoms with Gasteiger partial charge in [-0.2, -0.15) is 0 Å². The Hall–Kier alpha value is -3.02. The minimum absolute atomic E-state index is 0.0620. The molecule has 0 saturated carbocycles. The Morgan fingerprint density at radius 3 is 2.69 bits per heavy atom. The summed E-state index contributed by atoms with van der Waals surface area (Å²) in [4.78, 5) is 18.0. The largest absolute Gasteiger partial charge is 0.493 e. The molecule has 2 aromatic carbocycles. The molecule has 1 aliphatic heterocycles. The first-order valence-corrected chi connectivity index (χ1v) is 8.41. The lowest BCUT2D eigenvalue weighted by molar-refractivity contribution is 0.0734. The molecule has 5 nitrogen and oxygen atoms in total. The van der Waals surface area contributed by atoms with E-state index in [-0.39, 0.29) is 11.7 Å². The highest BCUT2D eigenvalue weighted by molar-refractivity contribution is 5.95. The summed E-state index contributed by atoms with van der Waals surface area (Å²) in [5.74, 6) is 0.782. The second-order valence-electron chi connectivity index (χ2n) is 6.32. The van der Waals surface area contributed by atoms with Crippen LogP contribution in [0, 0.1) is 5.82 Å². The fourth-order valence-electron chi connectivity index (χ4n) is 3.52. The summed E-state index contributed by atoms with van der Waals surface area (Å²) in [5.41, 5.74) is 3.45. The average molecular weight is 354 g/mol. The number of carbonyl (C=O) groups excluding carboxylic acids is 1. The van der Waals surface area contributed by atoms with Gasteiger partial charge in [-0.05, 0) is 36.4 Å². The van der Waals surface area contributed by atoms with Crippen molar-refractivity contribution in [1.82, 2.24) is 9.88 Å². The number of halogens is 1. The van der Waals surface area contributed by atoms with Gasteiger partial charge in [0.1, 0.15) is 5.82 Å². The van der Waals surface area contributed by atoms with Gasteiger partial charge < -0.3 is 19.4 Å². The van der Waals surface area contributed by atoms with E-state index in [4.69, 9.17) is 9.47 Å². The summed E-state index contributed by atoms with van der Waals surface area (Å²) in [7, 11) is 3.11. The number of benzene rings is 2. The lowest BCUT2D eigenvalue weighted by Gasteiger charge is -2.27. The lowest BCUT2D eigenvalue weighted by atomic mass is 10.0. The highest BCUT2D eigenvalue weighted by Crippen LogP contribution is 2.31. The molecule has 0 aliphatic carbocycles. The van der Waals surface area contributed by atoms with Gasteiger partial charge in [0, 0.05) is 47.2 Å². The summed E-state index contributed by atoms with van der Waals surface area (Å²) < 4.78 is 24.0. The number of fused-ring (bicyclic) bond motifs is 3. The Morgan fingerprint density at radius 1 is 1.12 bits per heavy atom. The maximum atomic E-state index is 13.5. The monoisotopic (exact) mass is 354 g/mol. The molecule has 1 aliphatic rings. The van der Waals surface area contributed by atoms with Crippen LogP contribution in [0.25, 0.3) is 10.9 Å². The van der Waals surface area contributed by atoms with Crippen LogP contribution in [0.1, 0.15) is 21.6 Å². The minimum atomic E-state index is -0.269. The number of aromatic nitrogens is 1. The van der Waals surface area contributed by atoms with Crippen LogP contribution in [0.15, 0.2) is 36.4 Å². The van der Waals surface area contributed by atoms with E-state index in [0.717, 1.165) is 22.2 Å². The van der Waals surface area contributed by atoms with Crippen molar-refractivity contribution in [3.05, 3.63) is 59.0 Å². The molecule has 0 unspecified atom stereocenters. The van der Waals surface area contributed by atoms with E-state index >= 15 is 0 Å². The summed E-state index contributed by atoms with van der Waals surface area (Å²) in [6, 6.07) is 9.88. The lowest BCUT2D eigenvalue weighted by Crippen LogP contribution is -2.35. The topological polar surface area (TPSA) is 54.6 Å². The highest BCUT2D eigenvalue weighted by Gasteiger charge is 2.25. The van der Waals surface area contributed by atoms with E-state index in [1.165, 1.54) is 12.1 Å². The number of nitrogens with one attached hydrogen (secondary N) is 1. The zero-order valence-corrected chi connectivity index (χ0v) is 14.6. The Balaban J connectivity index is 1.64. The van der Waals surface area contributed by atoms with Crippen molar-refractivity contribution in [2.45, 2.75) is 13.0 Å². The van der Waals surface area contributed by atoms with Gasteiger partial charge in [-0.3, -0.25) is 4.79 Å². The molecule has 1 N–H and O–H groups in total. The van der Waals surface area contributed by atoms with E-state index in [2.05, 4.69) is 4.98 Å². The van der Waals surface area contributed by atoms with Crippen LogP contribution >= 0.6 is 0 Å². The van der Waals surface area contributed by atoms with Gasteiger partial charge in [-0.15, -0.1) is 0 Å². The average Bonchev–Trinajstić information content (AvgIpc) is 3.03. The Bertz CT molecular complexity index is 996. The van der Waals surface area contributed by atoms with Crippen molar-refractivity contribution < 1.29 is 18.7 Å². The second kappa shape index (κ2) is 6.37. The van der Waals surface area contributed by atoms with Gasteiger partial charge >= 0.3 is 0 Å². The molecule has 0 radical (unpaired) electrons. The summed E-state index contributed by atoms with van der Waals surface area (Å²) in [6.45, 7) is 1.10. The molecule has 1 amide bonds. The van der Waals surface area contributed by atoms with Crippen molar-refractivity contribution in [2.75, 3.05) is 20.8 Å². The molecule has 6 heteroatoms. The Labute approximate surface area is 150 Å². The maximum absolute atomic E-state index is 13.5. The van der Waals surface area contributed by atoms with Crippen LogP contribution in [0.4, 0.5) is 4.39 Å². The smallest absolute Gasteiger partial charge is 0.254 e. The van der Waals surface area contributed by atoms with Crippen molar-refractivity contribution in [2.24, 2.45) is 0 Å². The number of aromatic amines is 1. The molecule has 0 bridgehead atoms. The number of amides is 1. The number of H-pyrrole nitrogens is 1. The molecule has 26 heavy (non-hydrogen) atoms. The van der Waals surface area contributed by atoms with E-state index in [0.29, 0.717) is 36.6 Å². The van der Waals surface area contributed by atoms with Gasteiger partial charge in [-0.25, -0.2) is 4.39 Å². The quantitative estimate of drug-likeness (QED) is 0.783. The zero-order valence-electron chi connectivity index (χ0n) is 14.6. The second-order valence-corrected chi connectivity index (χ2v) is 6.32. The van der Waals surface area contributed by atoms with Gasteiger partial charge in [-0.1, -0.05) is 0 Å². The number of ether oxygens (including phenoxy) is 2. The molecular weight excluding hydrogens is 335 g/mol. The van der Waals surface area contributed by atoms with E-state index in [1.54, 1.807) is 43.4 Å². The number of hydrogen-bond donors (Lipinski definition) is 1. The van der Waals surface area contributed by atoms with E-state index in [9.17, 15) is 9.18 Å². The van der Waals surface area contributed by atoms with Crippen LogP contribution in [-0.2, 0) is 13.0 Å². The fourth-order valence-corrected chi connectivity index (χ4v) is 3.52. The molecule has 2 heterocycles. The summed E-state index contributed by atoms with van der Waals surface area (Å²) in [5, 5.41) is 0.964. The fraction of sp³-hybridized carbons (Fsp3) is 0.250. The first-order valence-electron chi connectivity index (χ1n) is 8.41. The minimum Gasteiger partial charge on any atom is -0.493 e. The predicted molar refractivity (Wildman–Crippen MR) is 96.2 cm³/mol. The van der Waals surface area contributed by atoms with Crippen LogP contribution in [0.3, 0.4) is 0 Å².